The number of ketones is 1. The van der Waals surface area contributed by atoms with Gasteiger partial charge >= 0.3 is 5.97 Å². The average molecular weight is 556 g/mol. The molecule has 0 aromatic heterocycles. The lowest BCUT2D eigenvalue weighted by Gasteiger charge is -2.37. The summed E-state index contributed by atoms with van der Waals surface area (Å²) in [6.07, 6.45) is 1.62. The Balaban J connectivity index is 1.81. The van der Waals surface area contributed by atoms with E-state index in [1.165, 1.54) is 7.11 Å². The molecular weight excluding hydrogens is 526 g/mol. The van der Waals surface area contributed by atoms with Gasteiger partial charge in [-0.05, 0) is 77.0 Å². The highest BCUT2D eigenvalue weighted by Gasteiger charge is 2.42. The van der Waals surface area contributed by atoms with E-state index < -0.39 is 11.9 Å². The third kappa shape index (κ3) is 4.87. The van der Waals surface area contributed by atoms with Crippen molar-refractivity contribution in [3.8, 4) is 17.2 Å². The molecule has 0 saturated heterocycles. The van der Waals surface area contributed by atoms with Crippen molar-refractivity contribution >= 4 is 27.7 Å². The highest BCUT2D eigenvalue weighted by Crippen LogP contribution is 2.48. The summed E-state index contributed by atoms with van der Waals surface area (Å²) in [5, 5.41) is 13.7. The van der Waals surface area contributed by atoms with Crippen molar-refractivity contribution in [3.05, 3.63) is 74.5 Å². The molecule has 2 aromatic carbocycles. The Kier molecular flexibility index (Phi) is 7.73. The lowest BCUT2D eigenvalue weighted by atomic mass is 9.71. The zero-order valence-corrected chi connectivity index (χ0v) is 22.4. The van der Waals surface area contributed by atoms with Gasteiger partial charge in [-0.15, -0.1) is 0 Å². The van der Waals surface area contributed by atoms with E-state index in [1.807, 2.05) is 38.1 Å². The topological polar surface area (TPSA) is 94.1 Å². The van der Waals surface area contributed by atoms with Crippen molar-refractivity contribution in [1.82, 2.24) is 5.32 Å². The van der Waals surface area contributed by atoms with Crippen LogP contribution in [0, 0.1) is 0 Å². The first-order chi connectivity index (χ1) is 17.3. The number of phenolic OH excluding ortho intramolecular Hbond substituents is 1. The third-order valence-corrected chi connectivity index (χ3v) is 7.28. The number of ether oxygens (including phenoxy) is 3. The number of rotatable bonds is 7. The Morgan fingerprint density at radius 2 is 1.83 bits per heavy atom. The molecule has 0 saturated carbocycles. The number of aromatic hydroxyl groups is 1. The molecule has 7 nitrogen and oxygen atoms in total. The molecule has 0 amide bonds. The van der Waals surface area contributed by atoms with Crippen molar-refractivity contribution in [1.29, 1.82) is 0 Å². The quantitative estimate of drug-likeness (QED) is 0.436. The number of allylic oxidation sites excluding steroid dienone is 3. The standard InChI is InChI=1S/C28H30BrNO6/c1-5-10-36-28(33)24-15(2)30-21-12-17(16-6-8-19(34-3)9-7-16)13-22(31)26(21)25(24)18-11-20(29)27(32)23(14-18)35-4/h6-9,11,14,17,25,30,32H,5,10,12-13H2,1-4H3/t17-,25+/m0/s1. The number of Topliss-reactive ketones (excluding diaryl/α,β-unsaturated/α-hetero) is 1. The van der Waals surface area contributed by atoms with E-state index >= 15 is 0 Å². The number of carbonyl (C=O) groups is 2. The van der Waals surface area contributed by atoms with Gasteiger partial charge in [0.15, 0.2) is 17.3 Å². The van der Waals surface area contributed by atoms with E-state index in [4.69, 9.17) is 14.2 Å². The number of esters is 1. The van der Waals surface area contributed by atoms with Gasteiger partial charge in [0.1, 0.15) is 5.75 Å². The number of benzene rings is 2. The van der Waals surface area contributed by atoms with Crippen LogP contribution >= 0.6 is 15.9 Å². The van der Waals surface area contributed by atoms with Crippen LogP contribution in [0.5, 0.6) is 17.2 Å². The van der Waals surface area contributed by atoms with E-state index in [0.717, 1.165) is 17.0 Å². The van der Waals surface area contributed by atoms with Gasteiger partial charge in [0.05, 0.1) is 30.9 Å². The molecule has 0 fully saturated rings. The summed E-state index contributed by atoms with van der Waals surface area (Å²) in [7, 11) is 3.08. The van der Waals surface area contributed by atoms with E-state index in [2.05, 4.69) is 21.2 Å². The van der Waals surface area contributed by atoms with Crippen LogP contribution in [-0.4, -0.2) is 37.7 Å². The Hall–Kier alpha value is -3.26. The summed E-state index contributed by atoms with van der Waals surface area (Å²) in [5.74, 6) is -0.193. The molecule has 8 heteroatoms. The molecule has 1 aliphatic carbocycles. The lowest BCUT2D eigenvalue weighted by molar-refractivity contribution is -0.139. The lowest BCUT2D eigenvalue weighted by Crippen LogP contribution is -2.36. The number of nitrogens with one attached hydrogen (secondary N) is 1. The Bertz CT molecular complexity index is 1250. The van der Waals surface area contributed by atoms with Gasteiger partial charge in [-0.3, -0.25) is 4.79 Å². The van der Waals surface area contributed by atoms with E-state index in [0.29, 0.717) is 46.1 Å². The summed E-state index contributed by atoms with van der Waals surface area (Å²) in [6.45, 7) is 4.04. The first-order valence-corrected chi connectivity index (χ1v) is 12.7. The van der Waals surface area contributed by atoms with Gasteiger partial charge in [0, 0.05) is 29.3 Å². The first kappa shape index (κ1) is 25.8. The molecule has 2 N–H and O–H groups in total. The second-order valence-electron chi connectivity index (χ2n) is 8.98. The zero-order valence-electron chi connectivity index (χ0n) is 20.8. The minimum atomic E-state index is -0.652. The molecule has 2 aliphatic rings. The Morgan fingerprint density at radius 3 is 2.47 bits per heavy atom. The van der Waals surface area contributed by atoms with Crippen LogP contribution in [0.2, 0.25) is 0 Å². The molecular formula is C28H30BrNO6. The van der Waals surface area contributed by atoms with Gasteiger partial charge in [-0.1, -0.05) is 19.1 Å². The normalized spacial score (nSPS) is 19.5. The molecule has 0 unspecified atom stereocenters. The number of hydrogen-bond acceptors (Lipinski definition) is 7. The number of halogens is 1. The highest BCUT2D eigenvalue weighted by molar-refractivity contribution is 9.10. The summed E-state index contributed by atoms with van der Waals surface area (Å²) in [5.41, 5.74) is 4.09. The molecule has 4 rings (SSSR count). The number of phenols is 1. The van der Waals surface area contributed by atoms with Crippen LogP contribution in [0.4, 0.5) is 0 Å². The van der Waals surface area contributed by atoms with Gasteiger partial charge in [-0.25, -0.2) is 4.79 Å². The van der Waals surface area contributed by atoms with E-state index in [-0.39, 0.29) is 29.8 Å². The molecule has 0 radical (unpaired) electrons. The van der Waals surface area contributed by atoms with Gasteiger partial charge in [-0.2, -0.15) is 0 Å². The molecule has 1 heterocycles. The van der Waals surface area contributed by atoms with Crippen LogP contribution in [0.3, 0.4) is 0 Å². The Labute approximate surface area is 219 Å². The number of methoxy groups -OCH3 is 2. The summed E-state index contributed by atoms with van der Waals surface area (Å²) in [6, 6.07) is 11.2. The van der Waals surface area contributed by atoms with Crippen LogP contribution < -0.4 is 14.8 Å². The van der Waals surface area contributed by atoms with Crippen LogP contribution in [0.1, 0.15) is 56.1 Å². The summed E-state index contributed by atoms with van der Waals surface area (Å²) in [4.78, 5) is 27.0. The van der Waals surface area contributed by atoms with Crippen molar-refractivity contribution in [2.45, 2.75) is 44.9 Å². The maximum atomic E-state index is 13.7. The van der Waals surface area contributed by atoms with Crippen LogP contribution in [-0.2, 0) is 14.3 Å². The predicted octanol–water partition coefficient (Wildman–Crippen LogP) is 5.49. The molecule has 1 aliphatic heterocycles. The summed E-state index contributed by atoms with van der Waals surface area (Å²) >= 11 is 3.38. The van der Waals surface area contributed by atoms with Crippen molar-refractivity contribution < 1.29 is 28.9 Å². The fraction of sp³-hybridized carbons (Fsp3) is 0.357. The van der Waals surface area contributed by atoms with Gasteiger partial charge in [0.2, 0.25) is 0 Å². The van der Waals surface area contributed by atoms with Crippen LogP contribution in [0.25, 0.3) is 0 Å². The van der Waals surface area contributed by atoms with Crippen molar-refractivity contribution in [2.24, 2.45) is 0 Å². The minimum Gasteiger partial charge on any atom is -0.503 e. The third-order valence-electron chi connectivity index (χ3n) is 6.68. The van der Waals surface area contributed by atoms with Crippen molar-refractivity contribution in [2.75, 3.05) is 20.8 Å². The molecule has 2 atom stereocenters. The number of carbonyl (C=O) groups excluding carboxylic acids is 2. The second-order valence-corrected chi connectivity index (χ2v) is 9.83. The van der Waals surface area contributed by atoms with E-state index in [9.17, 15) is 14.7 Å². The minimum absolute atomic E-state index is 0.00205. The van der Waals surface area contributed by atoms with Gasteiger partial charge < -0.3 is 24.6 Å². The monoisotopic (exact) mass is 555 g/mol. The molecule has 0 bridgehead atoms. The van der Waals surface area contributed by atoms with Crippen LogP contribution in [0.15, 0.2) is 63.4 Å². The largest absolute Gasteiger partial charge is 0.503 e. The molecule has 2 aromatic rings. The maximum Gasteiger partial charge on any atom is 0.336 e. The Morgan fingerprint density at radius 1 is 1.11 bits per heavy atom. The first-order valence-electron chi connectivity index (χ1n) is 11.9. The van der Waals surface area contributed by atoms with E-state index in [1.54, 1.807) is 19.2 Å². The fourth-order valence-electron chi connectivity index (χ4n) is 4.94. The molecule has 36 heavy (non-hydrogen) atoms. The fourth-order valence-corrected chi connectivity index (χ4v) is 5.40. The smallest absolute Gasteiger partial charge is 0.336 e. The maximum absolute atomic E-state index is 13.7. The average Bonchev–Trinajstić information content (AvgIpc) is 2.87. The highest BCUT2D eigenvalue weighted by atomic mass is 79.9. The number of hydrogen-bond donors (Lipinski definition) is 2. The molecule has 190 valence electrons. The summed E-state index contributed by atoms with van der Waals surface area (Å²) < 4.78 is 16.6. The predicted molar refractivity (Wildman–Crippen MR) is 139 cm³/mol. The second kappa shape index (κ2) is 10.8. The SMILES string of the molecule is CCCOC(=O)C1=C(C)NC2=C(C(=O)C[C@@H](c3ccc(OC)cc3)C2)[C@@H]1c1cc(Br)c(O)c(OC)c1. The molecule has 0 spiro atoms. The zero-order chi connectivity index (χ0) is 26.0. The van der Waals surface area contributed by atoms with Crippen molar-refractivity contribution in [3.63, 3.8) is 0 Å². The number of dihydropyridines is 1. The van der Waals surface area contributed by atoms with Gasteiger partial charge in [0.25, 0.3) is 0 Å².